The number of nitrogen functional groups attached to an aromatic ring is 1. The summed E-state index contributed by atoms with van der Waals surface area (Å²) >= 11 is 0. The Morgan fingerprint density at radius 1 is 1.42 bits per heavy atom. The van der Waals surface area contributed by atoms with Gasteiger partial charge in [0.15, 0.2) is 0 Å². The number of hydrogen-bond acceptors (Lipinski definition) is 3. The molecule has 0 bridgehead atoms. The van der Waals surface area contributed by atoms with Gasteiger partial charge in [-0.1, -0.05) is 26.0 Å². The SMILES string of the molecule is COCCN(CC(C)C)C(=O)c1cccc(C)c1N. The molecule has 0 aliphatic rings. The van der Waals surface area contributed by atoms with Crippen LogP contribution in [0.3, 0.4) is 0 Å². The number of para-hydroxylation sites is 1. The normalized spacial score (nSPS) is 10.8. The van der Waals surface area contributed by atoms with Crippen molar-refractivity contribution < 1.29 is 9.53 Å². The van der Waals surface area contributed by atoms with Crippen LogP contribution in [0.5, 0.6) is 0 Å². The first-order chi connectivity index (χ1) is 8.97. The second-order valence-electron chi connectivity index (χ2n) is 5.17. The van der Waals surface area contributed by atoms with Gasteiger partial charge in [0.05, 0.1) is 12.2 Å². The molecule has 4 heteroatoms. The van der Waals surface area contributed by atoms with Crippen LogP contribution in [-0.4, -0.2) is 37.6 Å². The number of nitrogens with two attached hydrogens (primary N) is 1. The number of anilines is 1. The number of amides is 1. The molecular formula is C15H24N2O2. The highest BCUT2D eigenvalue weighted by atomic mass is 16.5. The van der Waals surface area contributed by atoms with Crippen molar-refractivity contribution in [2.45, 2.75) is 20.8 Å². The summed E-state index contributed by atoms with van der Waals surface area (Å²) in [6.07, 6.45) is 0. The minimum atomic E-state index is -0.0213. The lowest BCUT2D eigenvalue weighted by atomic mass is 10.1. The first kappa shape index (κ1) is 15.5. The quantitative estimate of drug-likeness (QED) is 0.802. The maximum Gasteiger partial charge on any atom is 0.256 e. The summed E-state index contributed by atoms with van der Waals surface area (Å²) in [4.78, 5) is 14.4. The van der Waals surface area contributed by atoms with E-state index in [9.17, 15) is 4.79 Å². The van der Waals surface area contributed by atoms with Crippen LogP contribution in [0.4, 0.5) is 5.69 Å². The number of carbonyl (C=O) groups is 1. The Hall–Kier alpha value is -1.55. The Kier molecular flexibility index (Phi) is 5.83. The molecule has 0 heterocycles. The van der Waals surface area contributed by atoms with E-state index in [4.69, 9.17) is 10.5 Å². The third-order valence-corrected chi connectivity index (χ3v) is 2.99. The minimum Gasteiger partial charge on any atom is -0.398 e. The van der Waals surface area contributed by atoms with E-state index in [0.717, 1.165) is 5.56 Å². The summed E-state index contributed by atoms with van der Waals surface area (Å²) in [6.45, 7) is 7.91. The van der Waals surface area contributed by atoms with Crippen molar-refractivity contribution in [3.8, 4) is 0 Å². The van der Waals surface area contributed by atoms with Crippen LogP contribution in [0.25, 0.3) is 0 Å². The monoisotopic (exact) mass is 264 g/mol. The second kappa shape index (κ2) is 7.14. The molecule has 0 atom stereocenters. The molecule has 1 amide bonds. The fourth-order valence-corrected chi connectivity index (χ4v) is 1.96. The summed E-state index contributed by atoms with van der Waals surface area (Å²) < 4.78 is 5.07. The molecule has 1 aromatic rings. The molecule has 0 aliphatic carbocycles. The first-order valence-electron chi connectivity index (χ1n) is 6.60. The predicted molar refractivity (Wildman–Crippen MR) is 78.2 cm³/mol. The van der Waals surface area contributed by atoms with Crippen LogP contribution < -0.4 is 5.73 Å². The number of aryl methyl sites for hydroxylation is 1. The van der Waals surface area contributed by atoms with Gasteiger partial charge in [-0.25, -0.2) is 0 Å². The maximum absolute atomic E-state index is 12.5. The summed E-state index contributed by atoms with van der Waals surface area (Å²) in [5, 5.41) is 0. The van der Waals surface area contributed by atoms with Crippen LogP contribution in [0.1, 0.15) is 29.8 Å². The molecule has 0 fully saturated rings. The Bertz CT molecular complexity index is 430. The van der Waals surface area contributed by atoms with Crippen LogP contribution in [-0.2, 0) is 4.74 Å². The number of methoxy groups -OCH3 is 1. The number of rotatable bonds is 6. The van der Waals surface area contributed by atoms with Crippen LogP contribution >= 0.6 is 0 Å². The van der Waals surface area contributed by atoms with Crippen molar-refractivity contribution in [1.82, 2.24) is 4.90 Å². The molecule has 0 aromatic heterocycles. The number of ether oxygens (including phenoxy) is 1. The Morgan fingerprint density at radius 3 is 2.68 bits per heavy atom. The summed E-state index contributed by atoms with van der Waals surface area (Å²) in [5.41, 5.74) is 8.08. The summed E-state index contributed by atoms with van der Waals surface area (Å²) in [6, 6.07) is 5.56. The number of nitrogens with zero attached hydrogens (tertiary/aromatic N) is 1. The van der Waals surface area contributed by atoms with Gasteiger partial charge in [0.1, 0.15) is 0 Å². The molecule has 106 valence electrons. The molecule has 2 N–H and O–H groups in total. The highest BCUT2D eigenvalue weighted by Gasteiger charge is 2.19. The van der Waals surface area contributed by atoms with Crippen LogP contribution in [0.15, 0.2) is 18.2 Å². The van der Waals surface area contributed by atoms with Gasteiger partial charge in [-0.05, 0) is 24.5 Å². The lowest BCUT2D eigenvalue weighted by molar-refractivity contribution is 0.0673. The van der Waals surface area contributed by atoms with E-state index >= 15 is 0 Å². The maximum atomic E-state index is 12.5. The fraction of sp³-hybridized carbons (Fsp3) is 0.533. The first-order valence-corrected chi connectivity index (χ1v) is 6.60. The number of carbonyl (C=O) groups excluding carboxylic acids is 1. The van der Waals surface area contributed by atoms with Gasteiger partial charge in [-0.15, -0.1) is 0 Å². The molecule has 1 rings (SSSR count). The lowest BCUT2D eigenvalue weighted by Gasteiger charge is -2.25. The van der Waals surface area contributed by atoms with E-state index < -0.39 is 0 Å². The average Bonchev–Trinajstić information content (AvgIpc) is 2.36. The smallest absolute Gasteiger partial charge is 0.256 e. The molecule has 0 saturated carbocycles. The molecule has 0 radical (unpaired) electrons. The highest BCUT2D eigenvalue weighted by molar-refractivity contribution is 5.99. The molecule has 4 nitrogen and oxygen atoms in total. The standard InChI is InChI=1S/C15H24N2O2/c1-11(2)10-17(8-9-19-4)15(18)13-7-5-6-12(3)14(13)16/h5-7,11H,8-10,16H2,1-4H3. The lowest BCUT2D eigenvalue weighted by Crippen LogP contribution is -2.37. The van der Waals surface area contributed by atoms with Gasteiger partial charge in [0.2, 0.25) is 0 Å². The Labute approximate surface area is 115 Å². The van der Waals surface area contributed by atoms with Crippen molar-refractivity contribution in [3.05, 3.63) is 29.3 Å². The molecule has 0 unspecified atom stereocenters. The minimum absolute atomic E-state index is 0.0213. The van der Waals surface area contributed by atoms with Crippen molar-refractivity contribution in [2.24, 2.45) is 5.92 Å². The largest absolute Gasteiger partial charge is 0.398 e. The zero-order valence-corrected chi connectivity index (χ0v) is 12.3. The van der Waals surface area contributed by atoms with Crippen molar-refractivity contribution in [2.75, 3.05) is 32.5 Å². The predicted octanol–water partition coefficient (Wildman–Crippen LogP) is 2.32. The van der Waals surface area contributed by atoms with Gasteiger partial charge >= 0.3 is 0 Å². The third kappa shape index (κ3) is 4.24. The van der Waals surface area contributed by atoms with Crippen molar-refractivity contribution in [1.29, 1.82) is 0 Å². The second-order valence-corrected chi connectivity index (χ2v) is 5.17. The zero-order chi connectivity index (χ0) is 14.4. The molecule has 19 heavy (non-hydrogen) atoms. The van der Waals surface area contributed by atoms with E-state index in [2.05, 4.69) is 13.8 Å². The summed E-state index contributed by atoms with van der Waals surface area (Å²) in [5.74, 6) is 0.388. The molecule has 1 aromatic carbocycles. The van der Waals surface area contributed by atoms with Gasteiger partial charge in [0, 0.05) is 25.9 Å². The number of hydrogen-bond donors (Lipinski definition) is 1. The fourth-order valence-electron chi connectivity index (χ4n) is 1.96. The Balaban J connectivity index is 2.94. The Morgan fingerprint density at radius 2 is 2.11 bits per heavy atom. The highest BCUT2D eigenvalue weighted by Crippen LogP contribution is 2.19. The zero-order valence-electron chi connectivity index (χ0n) is 12.3. The van der Waals surface area contributed by atoms with Gasteiger partial charge in [-0.3, -0.25) is 4.79 Å². The van der Waals surface area contributed by atoms with E-state index in [-0.39, 0.29) is 5.91 Å². The van der Waals surface area contributed by atoms with Crippen LogP contribution in [0.2, 0.25) is 0 Å². The van der Waals surface area contributed by atoms with Crippen molar-refractivity contribution >= 4 is 11.6 Å². The van der Waals surface area contributed by atoms with Crippen LogP contribution in [0, 0.1) is 12.8 Å². The molecule has 0 spiro atoms. The van der Waals surface area contributed by atoms with Crippen molar-refractivity contribution in [3.63, 3.8) is 0 Å². The van der Waals surface area contributed by atoms with Gasteiger partial charge < -0.3 is 15.4 Å². The molecular weight excluding hydrogens is 240 g/mol. The van der Waals surface area contributed by atoms with E-state index in [1.165, 1.54) is 0 Å². The van der Waals surface area contributed by atoms with E-state index in [0.29, 0.717) is 36.9 Å². The average molecular weight is 264 g/mol. The van der Waals surface area contributed by atoms with E-state index in [1.54, 1.807) is 18.1 Å². The third-order valence-electron chi connectivity index (χ3n) is 2.99. The number of benzene rings is 1. The molecule has 0 saturated heterocycles. The summed E-state index contributed by atoms with van der Waals surface area (Å²) in [7, 11) is 1.64. The van der Waals surface area contributed by atoms with E-state index in [1.807, 2.05) is 19.1 Å². The molecule has 0 aliphatic heterocycles. The van der Waals surface area contributed by atoms with Gasteiger partial charge in [-0.2, -0.15) is 0 Å². The van der Waals surface area contributed by atoms with Gasteiger partial charge in [0.25, 0.3) is 5.91 Å². The topological polar surface area (TPSA) is 55.6 Å².